The minimum absolute atomic E-state index is 0.0818. The van der Waals surface area contributed by atoms with Crippen molar-refractivity contribution in [1.82, 2.24) is 20.1 Å². The first-order valence-corrected chi connectivity index (χ1v) is 8.25. The van der Waals surface area contributed by atoms with Crippen molar-refractivity contribution in [2.45, 2.75) is 6.54 Å². The molecule has 0 fully saturated rings. The highest BCUT2D eigenvalue weighted by molar-refractivity contribution is 9.10. The van der Waals surface area contributed by atoms with Gasteiger partial charge in [0.15, 0.2) is 0 Å². The first-order chi connectivity index (χ1) is 10.6. The Morgan fingerprint density at radius 2 is 2.27 bits per heavy atom. The zero-order valence-electron chi connectivity index (χ0n) is 11.8. The number of aromatic nitrogens is 3. The molecule has 0 aliphatic rings. The molecule has 0 saturated heterocycles. The van der Waals surface area contributed by atoms with Crippen molar-refractivity contribution in [2.24, 2.45) is 7.05 Å². The first kappa shape index (κ1) is 14.9. The van der Waals surface area contributed by atoms with Crippen LogP contribution in [0, 0.1) is 0 Å². The van der Waals surface area contributed by atoms with Crippen molar-refractivity contribution >= 4 is 33.2 Å². The second-order valence-electron chi connectivity index (χ2n) is 4.73. The van der Waals surface area contributed by atoms with Crippen molar-refractivity contribution in [2.75, 3.05) is 0 Å². The largest absolute Gasteiger partial charge is 0.347 e. The highest BCUT2D eigenvalue weighted by Crippen LogP contribution is 2.20. The molecule has 112 valence electrons. The van der Waals surface area contributed by atoms with Crippen LogP contribution in [0.25, 0.3) is 11.3 Å². The Morgan fingerprint density at radius 1 is 1.41 bits per heavy atom. The quantitative estimate of drug-likeness (QED) is 0.760. The van der Waals surface area contributed by atoms with Gasteiger partial charge < -0.3 is 5.32 Å². The van der Waals surface area contributed by atoms with E-state index < -0.39 is 0 Å². The van der Waals surface area contributed by atoms with Crippen LogP contribution >= 0.6 is 27.3 Å². The Kier molecular flexibility index (Phi) is 4.35. The molecule has 0 aliphatic heterocycles. The average molecular weight is 377 g/mol. The molecule has 0 atom stereocenters. The van der Waals surface area contributed by atoms with Crippen LogP contribution < -0.4 is 5.32 Å². The topological polar surface area (TPSA) is 59.8 Å². The van der Waals surface area contributed by atoms with Gasteiger partial charge in [-0.2, -0.15) is 5.10 Å². The van der Waals surface area contributed by atoms with Gasteiger partial charge in [0.05, 0.1) is 10.6 Å². The fourth-order valence-corrected chi connectivity index (χ4v) is 3.43. The van der Waals surface area contributed by atoms with E-state index in [4.69, 9.17) is 0 Å². The number of hydrogen-bond acceptors (Lipinski definition) is 4. The summed E-state index contributed by atoms with van der Waals surface area (Å²) in [7, 11) is 1.89. The van der Waals surface area contributed by atoms with E-state index in [9.17, 15) is 4.79 Å². The van der Waals surface area contributed by atoms with E-state index in [1.807, 2.05) is 30.6 Å². The molecule has 22 heavy (non-hydrogen) atoms. The van der Waals surface area contributed by atoms with Crippen molar-refractivity contribution in [3.05, 3.63) is 57.1 Å². The summed E-state index contributed by atoms with van der Waals surface area (Å²) in [6.07, 6.45) is 5.29. The molecule has 0 radical (unpaired) electrons. The molecule has 0 spiro atoms. The van der Waals surface area contributed by atoms with Gasteiger partial charge in [0.2, 0.25) is 0 Å². The predicted molar refractivity (Wildman–Crippen MR) is 89.6 cm³/mol. The average Bonchev–Trinajstić information content (AvgIpc) is 3.13. The number of pyridine rings is 1. The summed E-state index contributed by atoms with van der Waals surface area (Å²) >= 11 is 4.76. The molecule has 1 N–H and O–H groups in total. The van der Waals surface area contributed by atoms with Crippen LogP contribution in [0.4, 0.5) is 0 Å². The number of amides is 1. The van der Waals surface area contributed by atoms with Gasteiger partial charge in [0, 0.05) is 47.6 Å². The fourth-order valence-electron chi connectivity index (χ4n) is 2.08. The molecule has 0 bridgehead atoms. The van der Waals surface area contributed by atoms with E-state index in [2.05, 4.69) is 31.3 Å². The van der Waals surface area contributed by atoms with Gasteiger partial charge in [-0.25, -0.2) is 0 Å². The van der Waals surface area contributed by atoms with Gasteiger partial charge in [-0.3, -0.25) is 14.5 Å². The van der Waals surface area contributed by atoms with E-state index in [1.54, 1.807) is 23.3 Å². The maximum Gasteiger partial charge on any atom is 0.261 e. The summed E-state index contributed by atoms with van der Waals surface area (Å²) in [5.41, 5.74) is 2.91. The van der Waals surface area contributed by atoms with Gasteiger partial charge in [-0.05, 0) is 39.7 Å². The molecule has 0 aliphatic carbocycles. The Balaban J connectivity index is 1.71. The molecular weight excluding hydrogens is 364 g/mol. The van der Waals surface area contributed by atoms with Crippen molar-refractivity contribution in [3.8, 4) is 11.3 Å². The standard InChI is InChI=1S/C15H13BrN4OS/c1-20-13(2-3-19-20)11-4-10(6-17-8-11)7-18-15(21)14-5-12(16)9-22-14/h2-6,8-9H,7H2,1H3,(H,18,21). The summed E-state index contributed by atoms with van der Waals surface area (Å²) in [6, 6.07) is 5.75. The molecule has 0 unspecified atom stereocenters. The number of nitrogens with one attached hydrogen (secondary N) is 1. The predicted octanol–water partition coefficient (Wildman–Crippen LogP) is 3.24. The van der Waals surface area contributed by atoms with Gasteiger partial charge in [0.1, 0.15) is 0 Å². The lowest BCUT2D eigenvalue weighted by molar-refractivity contribution is 0.0955. The molecule has 3 aromatic rings. The monoisotopic (exact) mass is 376 g/mol. The molecule has 7 heteroatoms. The SMILES string of the molecule is Cn1nccc1-c1cncc(CNC(=O)c2cc(Br)cs2)c1. The van der Waals surface area contributed by atoms with Crippen LogP contribution in [0.2, 0.25) is 0 Å². The highest BCUT2D eigenvalue weighted by atomic mass is 79.9. The second-order valence-corrected chi connectivity index (χ2v) is 6.56. The number of thiophene rings is 1. The van der Waals surface area contributed by atoms with Gasteiger partial charge in [-0.1, -0.05) is 0 Å². The number of hydrogen-bond donors (Lipinski definition) is 1. The maximum atomic E-state index is 12.0. The molecule has 3 aromatic heterocycles. The Morgan fingerprint density at radius 3 is 2.95 bits per heavy atom. The zero-order valence-corrected chi connectivity index (χ0v) is 14.2. The molecule has 1 amide bonds. The van der Waals surface area contributed by atoms with E-state index in [0.29, 0.717) is 11.4 Å². The van der Waals surface area contributed by atoms with Crippen LogP contribution in [0.15, 0.2) is 46.6 Å². The summed E-state index contributed by atoms with van der Waals surface area (Å²) in [5, 5.41) is 8.95. The fraction of sp³-hybridized carbons (Fsp3) is 0.133. The Labute approximate surface area is 140 Å². The third-order valence-corrected chi connectivity index (χ3v) is 4.85. The molecule has 5 nitrogen and oxygen atoms in total. The zero-order chi connectivity index (χ0) is 15.5. The second kappa shape index (κ2) is 6.41. The van der Waals surface area contributed by atoms with Crippen molar-refractivity contribution in [1.29, 1.82) is 0 Å². The Bertz CT molecular complexity index is 811. The maximum absolute atomic E-state index is 12.0. The third-order valence-electron chi connectivity index (χ3n) is 3.16. The summed E-state index contributed by atoms with van der Waals surface area (Å²) in [6.45, 7) is 0.438. The number of rotatable bonds is 4. The van der Waals surface area contributed by atoms with Gasteiger partial charge >= 0.3 is 0 Å². The molecule has 0 aromatic carbocycles. The lowest BCUT2D eigenvalue weighted by Gasteiger charge is -2.06. The first-order valence-electron chi connectivity index (χ1n) is 6.58. The van der Waals surface area contributed by atoms with E-state index >= 15 is 0 Å². The number of halogens is 1. The number of aryl methyl sites for hydroxylation is 1. The number of carbonyl (C=O) groups excluding carboxylic acids is 1. The summed E-state index contributed by atoms with van der Waals surface area (Å²) in [4.78, 5) is 17.0. The highest BCUT2D eigenvalue weighted by Gasteiger charge is 2.09. The lowest BCUT2D eigenvalue weighted by atomic mass is 10.1. The number of nitrogens with zero attached hydrogens (tertiary/aromatic N) is 3. The minimum atomic E-state index is -0.0818. The van der Waals surface area contributed by atoms with Crippen LogP contribution in [0.3, 0.4) is 0 Å². The molecule has 0 saturated carbocycles. The van der Waals surface area contributed by atoms with Crippen LogP contribution in [-0.4, -0.2) is 20.7 Å². The Hall–Kier alpha value is -1.99. The van der Waals surface area contributed by atoms with Crippen LogP contribution in [0.1, 0.15) is 15.2 Å². The van der Waals surface area contributed by atoms with Crippen LogP contribution in [-0.2, 0) is 13.6 Å². The van der Waals surface area contributed by atoms with E-state index in [0.717, 1.165) is 21.3 Å². The number of carbonyl (C=O) groups is 1. The van der Waals surface area contributed by atoms with Gasteiger partial charge in [0.25, 0.3) is 5.91 Å². The molecule has 3 heterocycles. The smallest absolute Gasteiger partial charge is 0.261 e. The van der Waals surface area contributed by atoms with E-state index in [-0.39, 0.29) is 5.91 Å². The van der Waals surface area contributed by atoms with Gasteiger partial charge in [-0.15, -0.1) is 11.3 Å². The molecular formula is C15H13BrN4OS. The minimum Gasteiger partial charge on any atom is -0.347 e. The van der Waals surface area contributed by atoms with E-state index in [1.165, 1.54) is 11.3 Å². The van der Waals surface area contributed by atoms with Crippen molar-refractivity contribution < 1.29 is 4.79 Å². The normalized spacial score (nSPS) is 10.6. The third kappa shape index (κ3) is 3.26. The van der Waals surface area contributed by atoms with Crippen molar-refractivity contribution in [3.63, 3.8) is 0 Å². The lowest BCUT2D eigenvalue weighted by Crippen LogP contribution is -2.21. The molecule has 3 rings (SSSR count). The summed E-state index contributed by atoms with van der Waals surface area (Å²) < 4.78 is 2.71. The summed E-state index contributed by atoms with van der Waals surface area (Å²) in [5.74, 6) is -0.0818. The van der Waals surface area contributed by atoms with Crippen LogP contribution in [0.5, 0.6) is 0 Å².